The van der Waals surface area contributed by atoms with Crippen LogP contribution in [-0.4, -0.2) is 21.1 Å². The molecule has 0 radical (unpaired) electrons. The average molecular weight is 392 g/mol. The lowest BCUT2D eigenvalue weighted by Crippen LogP contribution is -2.12. The van der Waals surface area contributed by atoms with Crippen LogP contribution in [-0.2, 0) is 12.8 Å². The summed E-state index contributed by atoms with van der Waals surface area (Å²) in [6.07, 6.45) is -3.42. The van der Waals surface area contributed by atoms with Crippen LogP contribution in [0.15, 0.2) is 53.6 Å². The summed E-state index contributed by atoms with van der Waals surface area (Å²) in [5.41, 5.74) is 2.63. The Labute approximate surface area is 158 Å². The first kappa shape index (κ1) is 18.8. The molecule has 3 aromatic rings. The Morgan fingerprint density at radius 2 is 1.89 bits per heavy atom. The molecule has 0 unspecified atom stereocenters. The molecule has 1 heterocycles. The second kappa shape index (κ2) is 7.75. The minimum Gasteiger partial charge on any atom is -0.488 e. The molecule has 140 valence electrons. The van der Waals surface area contributed by atoms with Gasteiger partial charge in [-0.25, -0.2) is 5.10 Å². The van der Waals surface area contributed by atoms with Crippen molar-refractivity contribution < 1.29 is 17.9 Å². The molecular formula is C18H15F3N4OS. The van der Waals surface area contributed by atoms with E-state index in [2.05, 4.69) is 15.3 Å². The Morgan fingerprint density at radius 1 is 1.19 bits per heavy atom. The predicted molar refractivity (Wildman–Crippen MR) is 97.4 cm³/mol. The Bertz CT molecular complexity index is 1010. The third kappa shape index (κ3) is 4.62. The number of aromatic amines is 1. The van der Waals surface area contributed by atoms with E-state index >= 15 is 0 Å². The summed E-state index contributed by atoms with van der Waals surface area (Å²) in [5, 5.41) is 9.10. The number of nitrogens with zero attached hydrogens (tertiary/aromatic N) is 3. The largest absolute Gasteiger partial charge is 0.488 e. The molecular weight excluding hydrogens is 377 g/mol. The molecule has 0 saturated heterocycles. The molecule has 1 aromatic heterocycles. The second-order valence-electron chi connectivity index (χ2n) is 5.72. The molecule has 0 bridgehead atoms. The van der Waals surface area contributed by atoms with Gasteiger partial charge in [0.2, 0.25) is 4.77 Å². The van der Waals surface area contributed by atoms with Gasteiger partial charge in [0.05, 0.1) is 6.21 Å². The molecule has 0 aliphatic heterocycles. The quantitative estimate of drug-likeness (QED) is 0.505. The first-order valence-electron chi connectivity index (χ1n) is 7.91. The number of aryl methyl sites for hydroxylation is 1. The van der Waals surface area contributed by atoms with E-state index in [-0.39, 0.29) is 4.77 Å². The number of benzene rings is 2. The topological polar surface area (TPSA) is 55.2 Å². The van der Waals surface area contributed by atoms with Gasteiger partial charge in [-0.05, 0) is 36.8 Å². The fraction of sp³-hybridized carbons (Fsp3) is 0.167. The van der Waals surface area contributed by atoms with Crippen LogP contribution in [0.1, 0.15) is 22.5 Å². The Hall–Kier alpha value is -2.94. The monoisotopic (exact) mass is 392 g/mol. The number of ether oxygens (including phenoxy) is 1. The summed E-state index contributed by atoms with van der Waals surface area (Å²) in [6, 6.07) is 14.8. The number of rotatable bonds is 5. The van der Waals surface area contributed by atoms with Crippen LogP contribution in [0, 0.1) is 11.7 Å². The number of aromatic nitrogens is 3. The minimum atomic E-state index is -4.67. The van der Waals surface area contributed by atoms with E-state index in [0.717, 1.165) is 11.1 Å². The van der Waals surface area contributed by atoms with E-state index in [0.29, 0.717) is 22.6 Å². The standard InChI is InChI=1S/C18H15F3N4OS/c1-12-6-8-13(9-7-12)11-26-15-5-3-2-4-14(15)10-22-25-16(18(19,20)21)23-24-17(25)27/h2-10H,11H2,1H3,(H,24,27)/b22-10-. The Morgan fingerprint density at radius 3 is 2.59 bits per heavy atom. The molecule has 5 nitrogen and oxygen atoms in total. The third-order valence-electron chi connectivity index (χ3n) is 3.65. The normalized spacial score (nSPS) is 11.9. The zero-order chi connectivity index (χ0) is 19.4. The van der Waals surface area contributed by atoms with Crippen molar-refractivity contribution in [3.8, 4) is 5.75 Å². The van der Waals surface area contributed by atoms with E-state index in [1.54, 1.807) is 24.3 Å². The van der Waals surface area contributed by atoms with Gasteiger partial charge in [-0.2, -0.15) is 22.9 Å². The van der Waals surface area contributed by atoms with Crippen LogP contribution in [0.4, 0.5) is 13.2 Å². The van der Waals surface area contributed by atoms with Gasteiger partial charge in [0.15, 0.2) is 0 Å². The van der Waals surface area contributed by atoms with Gasteiger partial charge < -0.3 is 4.74 Å². The molecule has 0 atom stereocenters. The number of para-hydroxylation sites is 1. The minimum absolute atomic E-state index is 0.253. The third-order valence-corrected chi connectivity index (χ3v) is 3.91. The summed E-state index contributed by atoms with van der Waals surface area (Å²) in [6.45, 7) is 2.32. The van der Waals surface area contributed by atoms with Crippen molar-refractivity contribution in [2.24, 2.45) is 5.10 Å². The Balaban J connectivity index is 1.82. The Kier molecular flexibility index (Phi) is 5.41. The van der Waals surface area contributed by atoms with Gasteiger partial charge in [-0.1, -0.05) is 42.0 Å². The van der Waals surface area contributed by atoms with E-state index in [1.807, 2.05) is 31.2 Å². The molecule has 0 fully saturated rings. The highest BCUT2D eigenvalue weighted by molar-refractivity contribution is 7.71. The van der Waals surface area contributed by atoms with Gasteiger partial charge in [0.1, 0.15) is 12.4 Å². The van der Waals surface area contributed by atoms with E-state index in [4.69, 9.17) is 17.0 Å². The van der Waals surface area contributed by atoms with E-state index in [9.17, 15) is 13.2 Å². The number of hydrogen-bond donors (Lipinski definition) is 1. The molecule has 0 saturated carbocycles. The number of H-pyrrole nitrogens is 1. The first-order valence-corrected chi connectivity index (χ1v) is 8.32. The lowest BCUT2D eigenvalue weighted by Gasteiger charge is -2.09. The van der Waals surface area contributed by atoms with Gasteiger partial charge in [0.25, 0.3) is 5.82 Å². The zero-order valence-corrected chi connectivity index (χ0v) is 15.0. The molecule has 2 aromatic carbocycles. The summed E-state index contributed by atoms with van der Waals surface area (Å²) in [5.74, 6) is -0.729. The van der Waals surface area contributed by atoms with Crippen molar-refractivity contribution in [2.45, 2.75) is 19.7 Å². The molecule has 9 heteroatoms. The summed E-state index contributed by atoms with van der Waals surface area (Å²) < 4.78 is 44.9. The second-order valence-corrected chi connectivity index (χ2v) is 6.11. The summed E-state index contributed by atoms with van der Waals surface area (Å²) in [4.78, 5) is 0. The maximum atomic E-state index is 13.0. The first-order chi connectivity index (χ1) is 12.8. The number of nitrogens with one attached hydrogen (secondary N) is 1. The lowest BCUT2D eigenvalue weighted by molar-refractivity contribution is -0.147. The predicted octanol–water partition coefficient (Wildman–Crippen LogP) is 4.73. The van der Waals surface area contributed by atoms with Crippen molar-refractivity contribution in [2.75, 3.05) is 0 Å². The molecule has 3 rings (SSSR count). The molecule has 0 aliphatic rings. The average Bonchev–Trinajstić information content (AvgIpc) is 3.01. The van der Waals surface area contributed by atoms with Crippen molar-refractivity contribution in [1.82, 2.24) is 14.9 Å². The molecule has 0 aliphatic carbocycles. The van der Waals surface area contributed by atoms with Crippen molar-refractivity contribution in [3.05, 3.63) is 75.8 Å². The fourth-order valence-electron chi connectivity index (χ4n) is 2.27. The van der Waals surface area contributed by atoms with Crippen molar-refractivity contribution in [1.29, 1.82) is 0 Å². The van der Waals surface area contributed by atoms with Crippen LogP contribution in [0.5, 0.6) is 5.75 Å². The van der Waals surface area contributed by atoms with Gasteiger partial charge in [-0.3, -0.25) is 0 Å². The maximum absolute atomic E-state index is 13.0. The highest BCUT2D eigenvalue weighted by Gasteiger charge is 2.37. The number of halogens is 3. The highest BCUT2D eigenvalue weighted by Crippen LogP contribution is 2.27. The summed E-state index contributed by atoms with van der Waals surface area (Å²) >= 11 is 4.82. The molecule has 1 N–H and O–H groups in total. The SMILES string of the molecule is Cc1ccc(COc2ccccc2/C=N\n2c(C(F)(F)F)n[nH]c2=S)cc1. The van der Waals surface area contributed by atoms with Gasteiger partial charge >= 0.3 is 6.18 Å². The molecule has 27 heavy (non-hydrogen) atoms. The molecule has 0 amide bonds. The van der Waals surface area contributed by atoms with Crippen LogP contribution in [0.25, 0.3) is 0 Å². The number of hydrogen-bond acceptors (Lipinski definition) is 4. The lowest BCUT2D eigenvalue weighted by atomic mass is 10.1. The van der Waals surface area contributed by atoms with Crippen LogP contribution in [0.3, 0.4) is 0 Å². The van der Waals surface area contributed by atoms with Crippen LogP contribution >= 0.6 is 12.2 Å². The molecule has 0 spiro atoms. The highest BCUT2D eigenvalue weighted by atomic mass is 32.1. The summed E-state index contributed by atoms with van der Waals surface area (Å²) in [7, 11) is 0. The van der Waals surface area contributed by atoms with E-state index in [1.165, 1.54) is 6.21 Å². The number of alkyl halides is 3. The van der Waals surface area contributed by atoms with Gasteiger partial charge in [-0.15, -0.1) is 5.10 Å². The van der Waals surface area contributed by atoms with E-state index < -0.39 is 12.0 Å². The smallest absolute Gasteiger partial charge is 0.453 e. The van der Waals surface area contributed by atoms with Crippen molar-refractivity contribution >= 4 is 18.4 Å². The van der Waals surface area contributed by atoms with Crippen LogP contribution < -0.4 is 4.74 Å². The zero-order valence-electron chi connectivity index (χ0n) is 14.2. The maximum Gasteiger partial charge on any atom is 0.453 e. The fourth-order valence-corrected chi connectivity index (χ4v) is 2.45. The van der Waals surface area contributed by atoms with Gasteiger partial charge in [0, 0.05) is 5.56 Å². The van der Waals surface area contributed by atoms with Crippen molar-refractivity contribution in [3.63, 3.8) is 0 Å². The van der Waals surface area contributed by atoms with Crippen LogP contribution in [0.2, 0.25) is 0 Å².